The molecule has 0 spiro atoms. The van der Waals surface area contributed by atoms with Crippen molar-refractivity contribution in [1.82, 2.24) is 19.1 Å². The van der Waals surface area contributed by atoms with E-state index in [0.717, 1.165) is 29.5 Å². The number of aliphatic hydroxyl groups excluding tert-OH is 1. The van der Waals surface area contributed by atoms with Crippen molar-refractivity contribution in [1.29, 1.82) is 0 Å². The Labute approximate surface area is 289 Å². The van der Waals surface area contributed by atoms with E-state index in [9.17, 15) is 9.90 Å². The smallest absolute Gasteiger partial charge is 0.282 e. The Balaban J connectivity index is 1.29. The van der Waals surface area contributed by atoms with Crippen molar-refractivity contribution < 1.29 is 33.5 Å². The highest BCUT2D eigenvalue weighted by Gasteiger charge is 2.49. The van der Waals surface area contributed by atoms with Gasteiger partial charge in [-0.2, -0.15) is 4.98 Å². The van der Waals surface area contributed by atoms with Crippen molar-refractivity contribution in [2.45, 2.75) is 55.7 Å². The zero-order chi connectivity index (χ0) is 34.8. The molecule has 50 heavy (non-hydrogen) atoms. The number of hydrogen-bond acceptors (Lipinski definition) is 11. The van der Waals surface area contributed by atoms with Crippen molar-refractivity contribution in [2.24, 2.45) is 7.05 Å². The molecule has 0 saturated carbocycles. The molecule has 5 aromatic rings. The lowest BCUT2D eigenvalue weighted by atomic mass is 9.80. The largest absolute Gasteiger partial charge is 0.497 e. The maximum absolute atomic E-state index is 13.0. The van der Waals surface area contributed by atoms with Crippen molar-refractivity contribution in [3.63, 3.8) is 0 Å². The summed E-state index contributed by atoms with van der Waals surface area (Å²) in [5.74, 6) is 1.41. The molecular weight excluding hydrogens is 642 g/mol. The summed E-state index contributed by atoms with van der Waals surface area (Å²) in [6, 6.07) is 25.3. The maximum atomic E-state index is 13.0. The van der Waals surface area contributed by atoms with Gasteiger partial charge in [0.1, 0.15) is 35.4 Å². The van der Waals surface area contributed by atoms with Crippen LogP contribution in [-0.4, -0.2) is 76.2 Å². The SMILES string of the molecule is COc1ccc(C(OC[C@H]2O[C@@H](n3cnc4c(=O)n(C)c(N)nc43)[C@H](OC3CCCCO3)[C@@H]2O)(c2ccccc2)c2ccc(OC)cc2)cc1. The second-order valence-electron chi connectivity index (χ2n) is 12.4. The number of anilines is 1. The van der Waals surface area contributed by atoms with E-state index >= 15 is 0 Å². The molecule has 1 unspecified atom stereocenters. The minimum atomic E-state index is -1.16. The van der Waals surface area contributed by atoms with Crippen LogP contribution in [0.1, 0.15) is 42.2 Å². The standard InChI is InChI=1S/C37H41N5O8/c1-41-34(44)30-33(40-36(41)38)42(22-39-30)35-32(50-29-11-7-8-20-47-29)31(43)28(49-35)21-48-37(23-9-5-4-6-10-23,24-12-16-26(45-2)17-13-24)25-14-18-27(46-3)19-15-25/h4-6,9-10,12-19,22,28-29,31-32,35,43H,7-8,11,20-21H2,1-3H3,(H2,38,40)/t28-,29?,31-,32-,35-/m1/s1. The number of imidazole rings is 1. The third-order valence-electron chi connectivity index (χ3n) is 9.51. The number of methoxy groups -OCH3 is 2. The topological polar surface area (TPSA) is 154 Å². The molecule has 262 valence electrons. The molecule has 2 aliphatic rings. The Morgan fingerprint density at radius 3 is 2.18 bits per heavy atom. The van der Waals surface area contributed by atoms with Gasteiger partial charge in [0.15, 0.2) is 23.7 Å². The van der Waals surface area contributed by atoms with Crippen molar-refractivity contribution in [3.05, 3.63) is 112 Å². The normalized spacial score (nSPS) is 22.5. The number of nitrogens with two attached hydrogens (primary N) is 1. The van der Waals surface area contributed by atoms with E-state index in [-0.39, 0.29) is 23.7 Å². The van der Waals surface area contributed by atoms with Gasteiger partial charge in [0.2, 0.25) is 5.95 Å². The van der Waals surface area contributed by atoms with Crippen molar-refractivity contribution in [2.75, 3.05) is 33.2 Å². The van der Waals surface area contributed by atoms with Crippen LogP contribution in [0.3, 0.4) is 0 Å². The molecule has 2 aliphatic heterocycles. The Kier molecular flexibility index (Phi) is 9.58. The predicted molar refractivity (Wildman–Crippen MR) is 184 cm³/mol. The summed E-state index contributed by atoms with van der Waals surface area (Å²) in [7, 11) is 4.77. The summed E-state index contributed by atoms with van der Waals surface area (Å²) in [5, 5.41) is 12.0. The molecule has 5 atom stereocenters. The molecule has 0 amide bonds. The van der Waals surface area contributed by atoms with Gasteiger partial charge in [-0.15, -0.1) is 0 Å². The third-order valence-corrected chi connectivity index (χ3v) is 9.51. The van der Waals surface area contributed by atoms with Gasteiger partial charge in [-0.25, -0.2) is 4.98 Å². The highest BCUT2D eigenvalue weighted by atomic mass is 16.7. The molecule has 4 heterocycles. The molecule has 0 radical (unpaired) electrons. The zero-order valence-corrected chi connectivity index (χ0v) is 28.2. The first-order valence-electron chi connectivity index (χ1n) is 16.6. The number of fused-ring (bicyclic) bond motifs is 1. The van der Waals surface area contributed by atoms with Crippen molar-refractivity contribution >= 4 is 17.1 Å². The number of benzene rings is 3. The minimum absolute atomic E-state index is 0.0161. The van der Waals surface area contributed by atoms with Crippen LogP contribution in [-0.2, 0) is 31.6 Å². The lowest BCUT2D eigenvalue weighted by molar-refractivity contribution is -0.215. The molecule has 13 heteroatoms. The van der Waals surface area contributed by atoms with E-state index < -0.39 is 42.0 Å². The number of ether oxygens (including phenoxy) is 6. The van der Waals surface area contributed by atoms with E-state index in [4.69, 9.17) is 34.2 Å². The Bertz CT molecular complexity index is 1910. The first kappa shape index (κ1) is 33.7. The highest BCUT2D eigenvalue weighted by Crippen LogP contribution is 2.43. The Morgan fingerprint density at radius 2 is 1.58 bits per heavy atom. The second kappa shape index (κ2) is 14.2. The van der Waals surface area contributed by atoms with Crippen molar-refractivity contribution in [3.8, 4) is 11.5 Å². The monoisotopic (exact) mass is 683 g/mol. The summed E-state index contributed by atoms with van der Waals surface area (Å²) >= 11 is 0. The van der Waals surface area contributed by atoms with Crippen LogP contribution in [0.15, 0.2) is 90.0 Å². The first-order valence-corrected chi connectivity index (χ1v) is 16.6. The summed E-state index contributed by atoms with van der Waals surface area (Å²) in [5.41, 5.74) is 7.40. The molecule has 3 aromatic carbocycles. The summed E-state index contributed by atoms with van der Waals surface area (Å²) in [6.45, 7) is 0.497. The fourth-order valence-electron chi connectivity index (χ4n) is 6.75. The molecule has 7 rings (SSSR count). The molecule has 0 bridgehead atoms. The van der Waals surface area contributed by atoms with Crippen LogP contribution in [0, 0.1) is 0 Å². The van der Waals surface area contributed by atoms with Gasteiger partial charge in [-0.3, -0.25) is 13.9 Å². The molecule has 0 aliphatic carbocycles. The lowest BCUT2D eigenvalue weighted by Gasteiger charge is -2.37. The Morgan fingerprint density at radius 1 is 0.940 bits per heavy atom. The van der Waals surface area contributed by atoms with Crippen LogP contribution in [0.4, 0.5) is 5.95 Å². The fourth-order valence-corrected chi connectivity index (χ4v) is 6.75. The van der Waals surface area contributed by atoms with E-state index in [1.54, 1.807) is 18.8 Å². The van der Waals surface area contributed by atoms with Crippen LogP contribution >= 0.6 is 0 Å². The molecular formula is C37H41N5O8. The Hall–Kier alpha value is -4.79. The van der Waals surface area contributed by atoms with Gasteiger partial charge in [-0.1, -0.05) is 54.6 Å². The zero-order valence-electron chi connectivity index (χ0n) is 28.2. The van der Waals surface area contributed by atoms with E-state index in [2.05, 4.69) is 9.97 Å². The van der Waals surface area contributed by atoms with Crippen LogP contribution < -0.4 is 20.8 Å². The molecule has 13 nitrogen and oxygen atoms in total. The van der Waals surface area contributed by atoms with E-state index in [0.29, 0.717) is 24.5 Å². The average Bonchev–Trinajstić information content (AvgIpc) is 3.72. The summed E-state index contributed by atoms with van der Waals surface area (Å²) < 4.78 is 39.8. The minimum Gasteiger partial charge on any atom is -0.497 e. The third kappa shape index (κ3) is 6.11. The molecule has 2 saturated heterocycles. The number of aromatic nitrogens is 4. The van der Waals surface area contributed by atoms with Gasteiger partial charge in [0.25, 0.3) is 5.56 Å². The van der Waals surface area contributed by atoms with Gasteiger partial charge in [0, 0.05) is 13.7 Å². The van der Waals surface area contributed by atoms with Crippen LogP contribution in [0.25, 0.3) is 11.2 Å². The number of rotatable bonds is 11. The highest BCUT2D eigenvalue weighted by molar-refractivity contribution is 5.71. The van der Waals surface area contributed by atoms with E-state index in [1.807, 2.05) is 78.9 Å². The number of aliphatic hydroxyl groups is 1. The maximum Gasteiger partial charge on any atom is 0.282 e. The quantitative estimate of drug-likeness (QED) is 0.195. The van der Waals surface area contributed by atoms with Gasteiger partial charge >= 0.3 is 0 Å². The number of nitrogens with zero attached hydrogens (tertiary/aromatic N) is 4. The number of nitrogen functional groups attached to an aromatic ring is 1. The first-order chi connectivity index (χ1) is 24.3. The predicted octanol–water partition coefficient (Wildman–Crippen LogP) is 3.91. The summed E-state index contributed by atoms with van der Waals surface area (Å²) in [4.78, 5) is 21.8. The summed E-state index contributed by atoms with van der Waals surface area (Å²) in [6.07, 6.45) is -0.444. The van der Waals surface area contributed by atoms with Gasteiger partial charge in [-0.05, 0) is 60.2 Å². The average molecular weight is 684 g/mol. The van der Waals surface area contributed by atoms with E-state index in [1.165, 1.54) is 17.9 Å². The molecule has 2 fully saturated rings. The van der Waals surface area contributed by atoms with Gasteiger partial charge < -0.3 is 39.3 Å². The van der Waals surface area contributed by atoms with Crippen LogP contribution in [0.2, 0.25) is 0 Å². The fraction of sp³-hybridized carbons (Fsp3) is 0.378. The lowest BCUT2D eigenvalue weighted by Crippen LogP contribution is -2.42. The number of hydrogen-bond donors (Lipinski definition) is 2. The second-order valence-corrected chi connectivity index (χ2v) is 12.4. The van der Waals surface area contributed by atoms with Crippen LogP contribution in [0.5, 0.6) is 11.5 Å². The molecule has 3 N–H and O–H groups in total. The molecule has 2 aromatic heterocycles. The van der Waals surface area contributed by atoms with Gasteiger partial charge in [0.05, 0.1) is 27.2 Å².